The lowest BCUT2D eigenvalue weighted by Crippen LogP contribution is -2.27. The minimum atomic E-state index is -3.74. The van der Waals surface area contributed by atoms with Gasteiger partial charge in [-0.1, -0.05) is 65.2 Å². The van der Waals surface area contributed by atoms with Crippen molar-refractivity contribution in [3.05, 3.63) is 69.8 Å². The van der Waals surface area contributed by atoms with Crippen LogP contribution in [0.4, 0.5) is 0 Å². The van der Waals surface area contributed by atoms with E-state index in [-0.39, 0.29) is 21.3 Å². The number of primary sulfonamides is 1. The Hall–Kier alpha value is -1.08. The van der Waals surface area contributed by atoms with Crippen LogP contribution < -0.4 is 5.14 Å². The van der Waals surface area contributed by atoms with Crippen molar-refractivity contribution in [3.8, 4) is 0 Å². The highest BCUT2D eigenvalue weighted by Gasteiger charge is 2.46. The predicted molar refractivity (Wildman–Crippen MR) is 112 cm³/mol. The average molecular weight is 459 g/mol. The van der Waals surface area contributed by atoms with Crippen LogP contribution >= 0.6 is 34.8 Å². The highest BCUT2D eigenvalue weighted by molar-refractivity contribution is 7.89. The molecular weight excluding hydrogens is 441 g/mol. The molecule has 1 aromatic rings. The van der Waals surface area contributed by atoms with Gasteiger partial charge in [-0.15, -0.1) is 0 Å². The Morgan fingerprint density at radius 1 is 1.14 bits per heavy atom. The van der Waals surface area contributed by atoms with Gasteiger partial charge in [-0.05, 0) is 47.8 Å². The molecule has 4 rings (SSSR count). The zero-order valence-electron chi connectivity index (χ0n) is 15.0. The maximum absolute atomic E-state index is 11.5. The minimum absolute atomic E-state index is 0.0392. The van der Waals surface area contributed by atoms with E-state index in [0.717, 1.165) is 29.6 Å². The zero-order valence-corrected chi connectivity index (χ0v) is 18.0. The Morgan fingerprint density at radius 3 is 2.32 bits per heavy atom. The van der Waals surface area contributed by atoms with Crippen molar-refractivity contribution >= 4 is 50.4 Å². The van der Waals surface area contributed by atoms with Crippen LogP contribution in [-0.4, -0.2) is 20.6 Å². The maximum atomic E-state index is 11.5. The topological polar surface area (TPSA) is 69.4 Å². The molecule has 0 amide bonds. The van der Waals surface area contributed by atoms with Crippen LogP contribution in [0.2, 0.25) is 0 Å². The number of hydrogen-bond donors (Lipinski definition) is 1. The van der Waals surface area contributed by atoms with Gasteiger partial charge in [-0.3, -0.25) is 0 Å². The molecule has 0 heterocycles. The highest BCUT2D eigenvalue weighted by Crippen LogP contribution is 2.58. The van der Waals surface area contributed by atoms with Gasteiger partial charge in [0.05, 0.1) is 9.93 Å². The fourth-order valence-corrected chi connectivity index (χ4v) is 4.97. The molecule has 2 N–H and O–H groups in total. The van der Waals surface area contributed by atoms with Crippen LogP contribution in [0.25, 0.3) is 5.57 Å². The molecule has 0 saturated heterocycles. The summed E-state index contributed by atoms with van der Waals surface area (Å²) >= 11 is 19.4. The van der Waals surface area contributed by atoms with E-state index >= 15 is 0 Å². The number of allylic oxidation sites excluding steroid dienone is 6. The first-order chi connectivity index (χ1) is 13.1. The van der Waals surface area contributed by atoms with Crippen molar-refractivity contribution < 1.29 is 13.2 Å². The number of alkyl halides is 1. The third-order valence-corrected chi connectivity index (χ3v) is 7.92. The molecule has 2 unspecified atom stereocenters. The van der Waals surface area contributed by atoms with Crippen LogP contribution in [0.3, 0.4) is 0 Å². The molecule has 0 radical (unpaired) electrons. The Bertz CT molecular complexity index is 1070. The second-order valence-electron chi connectivity index (χ2n) is 7.31. The molecule has 2 atom stereocenters. The second-order valence-corrected chi connectivity index (χ2v) is 10.2. The van der Waals surface area contributed by atoms with E-state index in [4.69, 9.17) is 44.7 Å². The second kappa shape index (κ2) is 6.73. The Kier molecular flexibility index (Phi) is 4.85. The normalized spacial score (nSPS) is 28.5. The number of hydrogen-bond acceptors (Lipinski definition) is 3. The number of nitrogens with two attached hydrogens (primary N) is 1. The summed E-state index contributed by atoms with van der Waals surface area (Å²) in [6.07, 6.45) is 10.2. The van der Waals surface area contributed by atoms with E-state index in [2.05, 4.69) is 12.2 Å². The van der Waals surface area contributed by atoms with E-state index in [9.17, 15) is 8.42 Å². The molecule has 148 valence electrons. The Morgan fingerprint density at radius 2 is 1.79 bits per heavy atom. The quantitative estimate of drug-likeness (QED) is 0.515. The van der Waals surface area contributed by atoms with Gasteiger partial charge in [-0.2, -0.15) is 0 Å². The lowest BCUT2D eigenvalue weighted by atomic mass is 9.87. The maximum Gasteiger partial charge on any atom is 0.238 e. The monoisotopic (exact) mass is 457 g/mol. The lowest BCUT2D eigenvalue weighted by Gasteiger charge is -2.30. The first-order valence-electron chi connectivity index (χ1n) is 8.67. The molecule has 0 aliphatic heterocycles. The lowest BCUT2D eigenvalue weighted by molar-refractivity contribution is 0.137. The standard InChI is InChI=1S/C20H18Cl3NO3S/c1-27-20(23)7-6-14(17(21)18(20)22)16-11-19(8-9-19)10-15(16)12-2-4-13(5-3-12)28(24,25)26/h2-7,10-11,14H,8-9H2,1H3,(H2,24,25,26). The van der Waals surface area contributed by atoms with Crippen LogP contribution in [0.5, 0.6) is 0 Å². The van der Waals surface area contributed by atoms with Gasteiger partial charge in [0.2, 0.25) is 10.0 Å². The number of benzene rings is 1. The van der Waals surface area contributed by atoms with Crippen molar-refractivity contribution in [2.75, 3.05) is 7.11 Å². The van der Waals surface area contributed by atoms with Crippen LogP contribution in [0, 0.1) is 11.3 Å². The number of ether oxygens (including phenoxy) is 1. The molecular formula is C20H18Cl3NO3S. The van der Waals surface area contributed by atoms with Crippen LogP contribution in [0.1, 0.15) is 18.4 Å². The average Bonchev–Trinajstić information content (AvgIpc) is 3.31. The first-order valence-corrected chi connectivity index (χ1v) is 11.3. The van der Waals surface area contributed by atoms with Crippen LogP contribution in [0.15, 0.2) is 69.1 Å². The van der Waals surface area contributed by atoms with Gasteiger partial charge < -0.3 is 4.74 Å². The summed E-state index contributed by atoms with van der Waals surface area (Å²) in [6.45, 7) is 0. The highest BCUT2D eigenvalue weighted by atomic mass is 35.5. The largest absolute Gasteiger partial charge is 0.354 e. The van der Waals surface area contributed by atoms with Gasteiger partial charge in [0.25, 0.3) is 0 Å². The molecule has 4 nitrogen and oxygen atoms in total. The van der Waals surface area contributed by atoms with Gasteiger partial charge in [0.15, 0.2) is 5.06 Å². The van der Waals surface area contributed by atoms with Crippen molar-refractivity contribution in [2.45, 2.75) is 22.8 Å². The third kappa shape index (κ3) is 3.38. The first kappa shape index (κ1) is 20.2. The molecule has 0 aromatic heterocycles. The van der Waals surface area contributed by atoms with Crippen LogP contribution in [-0.2, 0) is 14.8 Å². The SMILES string of the molecule is COC1(Cl)C=CC(C2=CC3(C=C2c2ccc(S(N)(=O)=O)cc2)CC3)C(Cl)=C1Cl. The summed E-state index contributed by atoms with van der Waals surface area (Å²) in [5, 5.41) is 4.60. The fourth-order valence-electron chi connectivity index (χ4n) is 3.64. The molecule has 8 heteroatoms. The summed E-state index contributed by atoms with van der Waals surface area (Å²) in [5.41, 5.74) is 2.97. The van der Waals surface area contributed by atoms with Crippen molar-refractivity contribution in [1.82, 2.24) is 0 Å². The number of methoxy groups -OCH3 is 1. The summed E-state index contributed by atoms with van der Waals surface area (Å²) in [6, 6.07) is 6.54. The zero-order chi connectivity index (χ0) is 20.3. The van der Waals surface area contributed by atoms with Gasteiger partial charge >= 0.3 is 0 Å². The summed E-state index contributed by atoms with van der Waals surface area (Å²) in [4.78, 5) is 0.0760. The molecule has 3 aliphatic carbocycles. The van der Waals surface area contributed by atoms with E-state index in [0.29, 0.717) is 5.03 Å². The molecule has 1 saturated carbocycles. The van der Waals surface area contributed by atoms with E-state index in [1.165, 1.54) is 19.2 Å². The van der Waals surface area contributed by atoms with Gasteiger partial charge in [0.1, 0.15) is 0 Å². The molecule has 1 aromatic carbocycles. The molecule has 3 aliphatic rings. The number of halogens is 3. The molecule has 0 bridgehead atoms. The van der Waals surface area contributed by atoms with Gasteiger partial charge in [-0.25, -0.2) is 13.6 Å². The Balaban J connectivity index is 1.74. The van der Waals surface area contributed by atoms with Crippen molar-refractivity contribution in [1.29, 1.82) is 0 Å². The van der Waals surface area contributed by atoms with E-state index in [1.54, 1.807) is 18.2 Å². The Labute approximate surface area is 179 Å². The molecule has 28 heavy (non-hydrogen) atoms. The molecule has 1 spiro atoms. The van der Waals surface area contributed by atoms with Crippen molar-refractivity contribution in [2.24, 2.45) is 16.5 Å². The fraction of sp³-hybridized carbons (Fsp3) is 0.300. The van der Waals surface area contributed by atoms with Crippen molar-refractivity contribution in [3.63, 3.8) is 0 Å². The molecule has 1 fully saturated rings. The van der Waals surface area contributed by atoms with E-state index < -0.39 is 15.1 Å². The van der Waals surface area contributed by atoms with E-state index in [1.807, 2.05) is 6.08 Å². The van der Waals surface area contributed by atoms with Gasteiger partial charge in [0, 0.05) is 23.5 Å². The summed E-state index contributed by atoms with van der Waals surface area (Å²) in [7, 11) is -2.27. The number of sulfonamides is 1. The minimum Gasteiger partial charge on any atom is -0.354 e. The number of rotatable bonds is 4. The third-order valence-electron chi connectivity index (χ3n) is 5.42. The smallest absolute Gasteiger partial charge is 0.238 e. The predicted octanol–water partition coefficient (Wildman–Crippen LogP) is 4.89. The summed E-state index contributed by atoms with van der Waals surface area (Å²) < 4.78 is 28.4. The summed E-state index contributed by atoms with van der Waals surface area (Å²) in [5.74, 6) is -0.250.